The van der Waals surface area contributed by atoms with E-state index in [0.29, 0.717) is 26.3 Å². The van der Waals surface area contributed by atoms with Gasteiger partial charge in [0.05, 0.1) is 53.8 Å². The molecule has 4 aliphatic rings. The van der Waals surface area contributed by atoms with E-state index in [1.54, 1.807) is 13.8 Å². The molecule has 226 valence electrons. The minimum atomic E-state index is -1.82. The number of hydrogen-bond acceptors (Lipinski definition) is 12. The molecule has 0 radical (unpaired) electrons. The molecule has 2 aromatic carbocycles. The quantitative estimate of drug-likeness (QED) is 0.242. The molecule has 2 saturated heterocycles. The number of fused-ring (bicyclic) bond motifs is 3. The first-order valence-corrected chi connectivity index (χ1v) is 14.2. The van der Waals surface area contributed by atoms with Crippen molar-refractivity contribution in [3.8, 4) is 17.2 Å². The average molecular weight is 586 g/mol. The molecule has 1 unspecified atom stereocenters. The third-order valence-electron chi connectivity index (χ3n) is 9.25. The van der Waals surface area contributed by atoms with Gasteiger partial charge in [0.15, 0.2) is 12.1 Å². The molecule has 6 rings (SSSR count). The van der Waals surface area contributed by atoms with Gasteiger partial charge in [-0.25, -0.2) is 0 Å². The van der Waals surface area contributed by atoms with Crippen molar-refractivity contribution in [2.45, 2.75) is 75.5 Å². The first-order valence-electron chi connectivity index (χ1n) is 14.2. The van der Waals surface area contributed by atoms with E-state index in [1.807, 2.05) is 0 Å². The molecule has 42 heavy (non-hydrogen) atoms. The van der Waals surface area contributed by atoms with E-state index in [2.05, 4.69) is 4.90 Å². The summed E-state index contributed by atoms with van der Waals surface area (Å²) in [6, 6.07) is 3.60. The molecule has 7 atom stereocenters. The van der Waals surface area contributed by atoms with Crippen LogP contribution >= 0.6 is 0 Å². The predicted octanol–water partition coefficient (Wildman–Crippen LogP) is 1.41. The Morgan fingerprint density at radius 1 is 1.00 bits per heavy atom. The molecule has 0 spiro atoms. The van der Waals surface area contributed by atoms with Crippen LogP contribution in [0.15, 0.2) is 18.2 Å². The van der Waals surface area contributed by atoms with Crippen LogP contribution in [0.3, 0.4) is 0 Å². The molecular formula is C30H35NO11. The summed E-state index contributed by atoms with van der Waals surface area (Å²) in [6.07, 6.45) is -5.23. The highest BCUT2D eigenvalue weighted by Crippen LogP contribution is 2.56. The summed E-state index contributed by atoms with van der Waals surface area (Å²) in [6.45, 7) is 5.61. The summed E-state index contributed by atoms with van der Waals surface area (Å²) in [5.41, 5.74) is -3.80. The normalized spacial score (nSPS) is 33.2. The van der Waals surface area contributed by atoms with Gasteiger partial charge in [-0.1, -0.05) is 19.1 Å². The number of aliphatic hydroxyl groups excluding tert-OH is 2. The number of carbonyl (C=O) groups excluding carboxylic acids is 2. The molecule has 0 aromatic heterocycles. The lowest BCUT2D eigenvalue weighted by Gasteiger charge is -2.47. The van der Waals surface area contributed by atoms with E-state index in [1.165, 1.54) is 18.2 Å². The molecule has 2 aliphatic carbocycles. The first kappa shape index (κ1) is 29.0. The van der Waals surface area contributed by atoms with Crippen molar-refractivity contribution >= 4 is 11.6 Å². The highest BCUT2D eigenvalue weighted by molar-refractivity contribution is 6.31. The zero-order valence-corrected chi connectivity index (χ0v) is 23.3. The number of phenols is 3. The largest absolute Gasteiger partial charge is 0.507 e. The van der Waals surface area contributed by atoms with Gasteiger partial charge >= 0.3 is 0 Å². The second-order valence-electron chi connectivity index (χ2n) is 11.5. The summed E-state index contributed by atoms with van der Waals surface area (Å²) in [5.74, 6) is -3.61. The van der Waals surface area contributed by atoms with Crippen molar-refractivity contribution < 1.29 is 54.4 Å². The fourth-order valence-electron chi connectivity index (χ4n) is 6.86. The molecule has 6 N–H and O–H groups in total. The molecule has 0 amide bonds. The maximum Gasteiger partial charge on any atom is 0.202 e. The van der Waals surface area contributed by atoms with E-state index in [-0.39, 0.29) is 47.6 Å². The van der Waals surface area contributed by atoms with Crippen LogP contribution in [-0.2, 0) is 14.2 Å². The number of aromatic hydroxyl groups is 3. The van der Waals surface area contributed by atoms with Crippen molar-refractivity contribution in [3.05, 3.63) is 51.6 Å². The van der Waals surface area contributed by atoms with Gasteiger partial charge in [0.2, 0.25) is 5.78 Å². The van der Waals surface area contributed by atoms with Gasteiger partial charge in [-0.2, -0.15) is 0 Å². The van der Waals surface area contributed by atoms with Crippen LogP contribution in [0.25, 0.3) is 0 Å². The fraction of sp³-hybridized carbons (Fsp3) is 0.533. The van der Waals surface area contributed by atoms with Gasteiger partial charge in [-0.15, -0.1) is 0 Å². The molecule has 2 heterocycles. The maximum absolute atomic E-state index is 13.6. The molecule has 12 nitrogen and oxygen atoms in total. The molecule has 12 heteroatoms. The van der Waals surface area contributed by atoms with Crippen LogP contribution in [0.1, 0.15) is 88.3 Å². The average Bonchev–Trinajstić information content (AvgIpc) is 2.97. The standard InChI is InChI=1S/C30H35NO11/c1-3-30(39)12-17(42-18-11-15(24(33)13(2)41-18)31-7-9-40-10-8-31)20-23(29(30)38)28(37)21-22(27(20)36)26(35)19-14(25(21)34)5-4-6-16(19)32/h4-6,13,15,17-18,24,29,32-33,36-39H,3,7-12H2,1-2H3/t13-,15+,17+,18-,24+,29?,30-/m1/s1. The van der Waals surface area contributed by atoms with Gasteiger partial charge in [-0.05, 0) is 19.4 Å². The van der Waals surface area contributed by atoms with Crippen molar-refractivity contribution in [3.63, 3.8) is 0 Å². The van der Waals surface area contributed by atoms with Crippen LogP contribution in [0.4, 0.5) is 0 Å². The Morgan fingerprint density at radius 2 is 1.67 bits per heavy atom. The van der Waals surface area contributed by atoms with Crippen LogP contribution in [0.2, 0.25) is 0 Å². The van der Waals surface area contributed by atoms with Crippen LogP contribution in [-0.4, -0.2) is 104 Å². The highest BCUT2D eigenvalue weighted by atomic mass is 16.7. The number of nitrogens with zero attached hydrogens (tertiary/aromatic N) is 1. The van der Waals surface area contributed by atoms with Gasteiger partial charge in [0.1, 0.15) is 23.4 Å². The number of carbonyl (C=O) groups is 2. The second kappa shape index (κ2) is 10.6. The SMILES string of the molecule is CC[C@@]1(O)C[C@H](O[C@@H]2C[C@H](N3CCOCC3)[C@@H](O)[C@@H](C)O2)c2c(O)c3c(c(O)c2C1O)C(=O)c1cccc(O)c1C3=O. The number of morpholine rings is 1. The Labute approximate surface area is 241 Å². The lowest BCUT2D eigenvalue weighted by atomic mass is 9.70. The van der Waals surface area contributed by atoms with Crippen molar-refractivity contribution in [1.29, 1.82) is 0 Å². The molecular weight excluding hydrogens is 550 g/mol. The lowest BCUT2D eigenvalue weighted by molar-refractivity contribution is -0.264. The Balaban J connectivity index is 1.44. The molecule has 0 bridgehead atoms. The van der Waals surface area contributed by atoms with E-state index in [4.69, 9.17) is 14.2 Å². The van der Waals surface area contributed by atoms with Crippen molar-refractivity contribution in [1.82, 2.24) is 4.90 Å². The smallest absolute Gasteiger partial charge is 0.202 e. The van der Waals surface area contributed by atoms with Crippen LogP contribution in [0, 0.1) is 0 Å². The maximum atomic E-state index is 13.6. The summed E-state index contributed by atoms with van der Waals surface area (Å²) < 4.78 is 17.8. The highest BCUT2D eigenvalue weighted by Gasteiger charge is 2.52. The number of phenolic OH excluding ortho intramolecular Hbond substituents is 3. The lowest BCUT2D eigenvalue weighted by Crippen LogP contribution is -2.58. The zero-order valence-electron chi connectivity index (χ0n) is 23.3. The first-order chi connectivity index (χ1) is 20.0. The van der Waals surface area contributed by atoms with Gasteiger partial charge < -0.3 is 44.8 Å². The minimum Gasteiger partial charge on any atom is -0.507 e. The molecule has 0 saturated carbocycles. The van der Waals surface area contributed by atoms with Crippen molar-refractivity contribution in [2.75, 3.05) is 26.3 Å². The third kappa shape index (κ3) is 4.32. The summed E-state index contributed by atoms with van der Waals surface area (Å²) in [7, 11) is 0. The van der Waals surface area contributed by atoms with E-state index >= 15 is 0 Å². The van der Waals surface area contributed by atoms with Crippen LogP contribution in [0.5, 0.6) is 17.2 Å². The minimum absolute atomic E-state index is 0.0331. The Morgan fingerprint density at radius 3 is 2.36 bits per heavy atom. The molecule has 2 fully saturated rings. The van der Waals surface area contributed by atoms with Crippen LogP contribution < -0.4 is 0 Å². The van der Waals surface area contributed by atoms with E-state index < -0.39 is 76.2 Å². The number of aliphatic hydroxyl groups is 3. The monoisotopic (exact) mass is 585 g/mol. The summed E-state index contributed by atoms with van der Waals surface area (Å²) in [5, 5.41) is 67.1. The van der Waals surface area contributed by atoms with E-state index in [9.17, 15) is 40.2 Å². The van der Waals surface area contributed by atoms with Gasteiger partial charge in [-0.3, -0.25) is 14.5 Å². The zero-order chi connectivity index (χ0) is 30.1. The van der Waals surface area contributed by atoms with Crippen molar-refractivity contribution in [2.24, 2.45) is 0 Å². The van der Waals surface area contributed by atoms with E-state index in [0.717, 1.165) is 0 Å². The molecule has 2 aromatic rings. The Bertz CT molecular complexity index is 1440. The summed E-state index contributed by atoms with van der Waals surface area (Å²) >= 11 is 0. The number of benzene rings is 2. The number of ketones is 2. The van der Waals surface area contributed by atoms with Gasteiger partial charge in [0, 0.05) is 48.7 Å². The Kier molecular flexibility index (Phi) is 7.29. The number of rotatable bonds is 4. The summed E-state index contributed by atoms with van der Waals surface area (Å²) in [4.78, 5) is 29.2. The fourth-order valence-corrected chi connectivity index (χ4v) is 6.86. The number of ether oxygens (including phenoxy) is 3. The predicted molar refractivity (Wildman–Crippen MR) is 145 cm³/mol. The third-order valence-corrected chi connectivity index (χ3v) is 9.25. The van der Waals surface area contributed by atoms with Gasteiger partial charge in [0.25, 0.3) is 0 Å². The topological polar surface area (TPSA) is 186 Å². The Hall–Kier alpha value is -3.10. The molecule has 2 aliphatic heterocycles. The second-order valence-corrected chi connectivity index (χ2v) is 11.5. The number of hydrogen-bond donors (Lipinski definition) is 6.